The van der Waals surface area contributed by atoms with E-state index in [1.165, 1.54) is 12.8 Å². The molecule has 2 aliphatic rings. The molecule has 1 aromatic heterocycles. The van der Waals surface area contributed by atoms with Gasteiger partial charge in [-0.2, -0.15) is 0 Å². The van der Waals surface area contributed by atoms with Crippen LogP contribution in [0.1, 0.15) is 44.6 Å². The third kappa shape index (κ3) is 5.65. The van der Waals surface area contributed by atoms with Crippen LogP contribution in [0, 0.1) is 5.92 Å². The average molecular weight is 437 g/mol. The SMILES string of the molecule is C[C@H]1CCCN(CCCNC(=O)CCC(=O)N2Cc3ccccc3Oc3ncccc32)C1. The Morgan fingerprint density at radius 1 is 1.19 bits per heavy atom. The first-order chi connectivity index (χ1) is 15.6. The lowest BCUT2D eigenvalue weighted by molar-refractivity contribution is -0.125. The number of anilines is 1. The Kier molecular flexibility index (Phi) is 7.37. The molecule has 1 aromatic carbocycles. The summed E-state index contributed by atoms with van der Waals surface area (Å²) in [6.45, 7) is 6.67. The molecule has 1 atom stereocenters. The molecule has 1 N–H and O–H groups in total. The van der Waals surface area contributed by atoms with Crippen molar-refractivity contribution < 1.29 is 14.3 Å². The van der Waals surface area contributed by atoms with E-state index in [-0.39, 0.29) is 24.7 Å². The van der Waals surface area contributed by atoms with Crippen LogP contribution in [0.4, 0.5) is 5.69 Å². The molecule has 0 unspecified atom stereocenters. The molecule has 3 heterocycles. The first-order valence-electron chi connectivity index (χ1n) is 11.6. The number of aromatic nitrogens is 1. The number of ether oxygens (including phenoxy) is 1. The maximum atomic E-state index is 13.1. The molecular formula is C25H32N4O3. The first kappa shape index (κ1) is 22.3. The molecule has 7 nitrogen and oxygen atoms in total. The summed E-state index contributed by atoms with van der Waals surface area (Å²) in [5.41, 5.74) is 1.54. The van der Waals surface area contributed by atoms with Gasteiger partial charge in [0.15, 0.2) is 0 Å². The minimum atomic E-state index is -0.114. The van der Waals surface area contributed by atoms with E-state index < -0.39 is 0 Å². The van der Waals surface area contributed by atoms with E-state index in [4.69, 9.17) is 4.74 Å². The topological polar surface area (TPSA) is 74.8 Å². The van der Waals surface area contributed by atoms with Crippen LogP contribution < -0.4 is 15.0 Å². The monoisotopic (exact) mass is 436 g/mol. The van der Waals surface area contributed by atoms with Gasteiger partial charge >= 0.3 is 0 Å². The number of likely N-dealkylation sites (tertiary alicyclic amines) is 1. The maximum Gasteiger partial charge on any atom is 0.243 e. The van der Waals surface area contributed by atoms with Crippen molar-refractivity contribution in [2.24, 2.45) is 5.92 Å². The van der Waals surface area contributed by atoms with Crippen molar-refractivity contribution >= 4 is 17.5 Å². The number of rotatable bonds is 7. The Labute approximate surface area is 189 Å². The number of amides is 2. The fourth-order valence-electron chi connectivity index (χ4n) is 4.45. The van der Waals surface area contributed by atoms with Gasteiger partial charge in [-0.15, -0.1) is 0 Å². The van der Waals surface area contributed by atoms with Crippen molar-refractivity contribution in [1.29, 1.82) is 0 Å². The fraction of sp³-hybridized carbons (Fsp3) is 0.480. The Morgan fingerprint density at radius 3 is 2.94 bits per heavy atom. The molecule has 2 aliphatic heterocycles. The number of benzene rings is 1. The van der Waals surface area contributed by atoms with Gasteiger partial charge in [0, 0.05) is 37.7 Å². The number of nitrogens with zero attached hydrogens (tertiary/aromatic N) is 3. The second-order valence-electron chi connectivity index (χ2n) is 8.77. The van der Waals surface area contributed by atoms with Crippen molar-refractivity contribution in [3.63, 3.8) is 0 Å². The summed E-state index contributed by atoms with van der Waals surface area (Å²) in [6, 6.07) is 11.3. The molecule has 0 aliphatic carbocycles. The lowest BCUT2D eigenvalue weighted by Gasteiger charge is -2.30. The van der Waals surface area contributed by atoms with Gasteiger partial charge in [-0.3, -0.25) is 9.59 Å². The Hall–Kier alpha value is -2.93. The largest absolute Gasteiger partial charge is 0.437 e. The summed E-state index contributed by atoms with van der Waals surface area (Å²) >= 11 is 0. The molecule has 0 bridgehead atoms. The number of hydrogen-bond acceptors (Lipinski definition) is 5. The van der Waals surface area contributed by atoms with E-state index >= 15 is 0 Å². The van der Waals surface area contributed by atoms with Crippen LogP contribution in [0.15, 0.2) is 42.6 Å². The summed E-state index contributed by atoms with van der Waals surface area (Å²) in [7, 11) is 0. The summed E-state index contributed by atoms with van der Waals surface area (Å²) in [6.07, 6.45) is 5.48. The normalized spacial score (nSPS) is 18.2. The highest BCUT2D eigenvalue weighted by Gasteiger charge is 2.26. The van der Waals surface area contributed by atoms with Crippen LogP contribution in [0.3, 0.4) is 0 Å². The molecule has 1 fully saturated rings. The van der Waals surface area contributed by atoms with Crippen LogP contribution in [0.2, 0.25) is 0 Å². The molecule has 0 spiro atoms. The lowest BCUT2D eigenvalue weighted by atomic mass is 10.0. The predicted molar refractivity (Wildman–Crippen MR) is 124 cm³/mol. The van der Waals surface area contributed by atoms with Gasteiger partial charge in [0.1, 0.15) is 11.4 Å². The van der Waals surface area contributed by atoms with Gasteiger partial charge in [0.05, 0.1) is 6.54 Å². The second-order valence-corrected chi connectivity index (χ2v) is 8.77. The fourth-order valence-corrected chi connectivity index (χ4v) is 4.45. The van der Waals surface area contributed by atoms with Gasteiger partial charge in [0.25, 0.3) is 0 Å². The van der Waals surface area contributed by atoms with Crippen LogP contribution in [-0.2, 0) is 16.1 Å². The number of piperidine rings is 1. The van der Waals surface area contributed by atoms with Crippen molar-refractivity contribution in [2.45, 2.75) is 45.6 Å². The van der Waals surface area contributed by atoms with E-state index in [9.17, 15) is 9.59 Å². The zero-order chi connectivity index (χ0) is 22.3. The van der Waals surface area contributed by atoms with Gasteiger partial charge < -0.3 is 19.9 Å². The van der Waals surface area contributed by atoms with Crippen LogP contribution in [0.5, 0.6) is 11.6 Å². The van der Waals surface area contributed by atoms with Crippen LogP contribution in [-0.4, -0.2) is 47.9 Å². The molecule has 4 rings (SSSR count). The molecule has 7 heteroatoms. The van der Waals surface area contributed by atoms with Crippen molar-refractivity contribution in [1.82, 2.24) is 15.2 Å². The number of hydrogen-bond donors (Lipinski definition) is 1. The first-order valence-corrected chi connectivity index (χ1v) is 11.6. The molecule has 0 saturated carbocycles. The minimum absolute atomic E-state index is 0.0803. The van der Waals surface area contributed by atoms with Crippen molar-refractivity contribution in [2.75, 3.05) is 31.1 Å². The number of carbonyl (C=O) groups excluding carboxylic acids is 2. The zero-order valence-corrected chi connectivity index (χ0v) is 18.8. The van der Waals surface area contributed by atoms with Crippen molar-refractivity contribution in [3.05, 3.63) is 48.2 Å². The summed E-state index contributed by atoms with van der Waals surface area (Å²) in [5, 5.41) is 2.97. The van der Waals surface area contributed by atoms with Crippen molar-refractivity contribution in [3.8, 4) is 11.6 Å². The average Bonchev–Trinajstić information content (AvgIpc) is 2.97. The quantitative estimate of drug-likeness (QED) is 0.670. The van der Waals surface area contributed by atoms with E-state index in [0.29, 0.717) is 30.4 Å². The minimum Gasteiger partial charge on any atom is -0.437 e. The maximum absolute atomic E-state index is 13.1. The number of nitrogens with one attached hydrogen (secondary N) is 1. The molecule has 1 saturated heterocycles. The third-order valence-corrected chi connectivity index (χ3v) is 6.13. The van der Waals surface area contributed by atoms with E-state index in [1.54, 1.807) is 17.2 Å². The predicted octanol–water partition coefficient (Wildman–Crippen LogP) is 3.74. The van der Waals surface area contributed by atoms with Gasteiger partial charge in [-0.1, -0.05) is 25.1 Å². The number of para-hydroxylation sites is 1. The van der Waals surface area contributed by atoms with Crippen LogP contribution >= 0.6 is 0 Å². The Morgan fingerprint density at radius 2 is 2.06 bits per heavy atom. The van der Waals surface area contributed by atoms with E-state index in [2.05, 4.69) is 22.1 Å². The molecule has 170 valence electrons. The zero-order valence-electron chi connectivity index (χ0n) is 18.8. The lowest BCUT2D eigenvalue weighted by Crippen LogP contribution is -2.36. The molecule has 32 heavy (non-hydrogen) atoms. The highest BCUT2D eigenvalue weighted by atomic mass is 16.5. The number of fused-ring (bicyclic) bond motifs is 2. The Bertz CT molecular complexity index is 948. The molecule has 0 radical (unpaired) electrons. The molecule has 2 amide bonds. The van der Waals surface area contributed by atoms with Gasteiger partial charge in [-0.25, -0.2) is 4.98 Å². The van der Waals surface area contributed by atoms with Gasteiger partial charge in [-0.05, 0) is 56.5 Å². The summed E-state index contributed by atoms with van der Waals surface area (Å²) < 4.78 is 5.94. The second kappa shape index (κ2) is 10.6. The van der Waals surface area contributed by atoms with Crippen LogP contribution in [0.25, 0.3) is 0 Å². The molecule has 2 aromatic rings. The highest BCUT2D eigenvalue weighted by molar-refractivity contribution is 5.96. The Balaban J connectivity index is 1.27. The smallest absolute Gasteiger partial charge is 0.243 e. The molecular weight excluding hydrogens is 404 g/mol. The number of carbonyl (C=O) groups is 2. The standard InChI is InChI=1S/C25H32N4O3/c1-19-7-5-15-28(17-19)16-6-14-26-23(30)11-12-24(31)29-18-20-8-2-3-10-22(20)32-25-21(29)9-4-13-27-25/h2-4,8-10,13,19H,5-7,11-12,14-18H2,1H3,(H,26,30)/t19-/m0/s1. The highest BCUT2D eigenvalue weighted by Crippen LogP contribution is 2.37. The van der Waals surface area contributed by atoms with E-state index in [1.807, 2.05) is 30.3 Å². The summed E-state index contributed by atoms with van der Waals surface area (Å²) in [5.74, 6) is 1.67. The van der Waals surface area contributed by atoms with Gasteiger partial charge in [0.2, 0.25) is 17.7 Å². The van der Waals surface area contributed by atoms with E-state index in [0.717, 1.165) is 37.5 Å². The summed E-state index contributed by atoms with van der Waals surface area (Å²) in [4.78, 5) is 33.8. The number of pyridine rings is 1. The third-order valence-electron chi connectivity index (χ3n) is 6.13.